The molecule has 0 aromatic heterocycles. The van der Waals surface area contributed by atoms with Crippen LogP contribution in [0.4, 0.5) is 0 Å². The van der Waals surface area contributed by atoms with Crippen molar-refractivity contribution in [3.8, 4) is 0 Å². The fraction of sp³-hybridized carbons (Fsp3) is 0. The third-order valence-corrected chi connectivity index (χ3v) is 4.25. The lowest BCUT2D eigenvalue weighted by molar-refractivity contribution is 0.571. The van der Waals surface area contributed by atoms with Crippen molar-refractivity contribution in [3.63, 3.8) is 0 Å². The average molecular weight is 279 g/mol. The van der Waals surface area contributed by atoms with E-state index in [-0.39, 0.29) is 0 Å². The minimum Gasteiger partial charge on any atom is -0.306 e. The summed E-state index contributed by atoms with van der Waals surface area (Å²) in [5.74, 6) is 1.38. The molecule has 4 aromatic carbocycles. The van der Waals surface area contributed by atoms with E-state index in [2.05, 4.69) is 36.4 Å². The zero-order chi connectivity index (χ0) is 13.7. The van der Waals surface area contributed by atoms with Gasteiger partial charge in [-0.2, -0.15) is 0 Å². The largest absolute Gasteiger partial charge is 0.306 e. The number of hydrogen-bond acceptors (Lipinski definition) is 1. The zero-order valence-electron chi connectivity index (χ0n) is 10.5. The summed E-state index contributed by atoms with van der Waals surface area (Å²) in [5.41, 5.74) is 0.802. The summed E-state index contributed by atoms with van der Waals surface area (Å²) in [7, 11) is 0. The van der Waals surface area contributed by atoms with Crippen LogP contribution in [-0.4, -0.2) is 8.76 Å². The van der Waals surface area contributed by atoms with Gasteiger partial charge in [0.1, 0.15) is 5.75 Å². The number of benzene rings is 4. The van der Waals surface area contributed by atoms with Crippen molar-refractivity contribution in [2.24, 2.45) is 0 Å². The van der Waals surface area contributed by atoms with Crippen molar-refractivity contribution in [2.45, 2.75) is 0 Å². The van der Waals surface area contributed by atoms with Gasteiger partial charge in [0.25, 0.3) is 0 Å². The van der Waals surface area contributed by atoms with Gasteiger partial charge in [-0.05, 0) is 37.9 Å². The van der Waals surface area contributed by atoms with E-state index in [1.807, 2.05) is 18.2 Å². The summed E-state index contributed by atoms with van der Waals surface area (Å²) in [6, 6.07) is 18.5. The van der Waals surface area contributed by atoms with Crippen molar-refractivity contribution in [3.05, 3.63) is 65.9 Å². The Morgan fingerprint density at radius 1 is 0.800 bits per heavy atom. The first-order valence-corrected chi connectivity index (χ1v) is 7.52. The maximum absolute atomic E-state index is 11.1. The fourth-order valence-electron chi connectivity index (χ4n) is 2.97. The van der Waals surface area contributed by atoms with Gasteiger partial charge in [-0.3, -0.25) is 0 Å². The van der Waals surface area contributed by atoms with Crippen LogP contribution in [0, 0.1) is 5.75 Å². The quantitative estimate of drug-likeness (QED) is 0.438. The van der Waals surface area contributed by atoms with Crippen LogP contribution in [0.25, 0.3) is 32.3 Å². The van der Waals surface area contributed by atoms with Gasteiger partial charge in [0.05, 0.1) is 0 Å². The van der Waals surface area contributed by atoms with Crippen LogP contribution in [-0.2, 0) is 11.1 Å². The Morgan fingerprint density at radius 3 is 2.10 bits per heavy atom. The minimum absolute atomic E-state index is 0.802. The van der Waals surface area contributed by atoms with Gasteiger partial charge in [0.2, 0.25) is 0 Å². The fourth-order valence-corrected chi connectivity index (χ4v) is 3.39. The first kappa shape index (κ1) is 11.8. The van der Waals surface area contributed by atoms with Gasteiger partial charge in [-0.1, -0.05) is 54.6 Å². The Morgan fingerprint density at radius 2 is 1.40 bits per heavy atom. The molecule has 2 nitrogen and oxygen atoms in total. The molecule has 1 N–H and O–H groups in total. The lowest BCUT2D eigenvalue weighted by Crippen LogP contribution is -1.93. The molecule has 0 amide bonds. The van der Waals surface area contributed by atoms with Gasteiger partial charge in [0.15, 0.2) is 11.1 Å². The summed E-state index contributed by atoms with van der Waals surface area (Å²) in [6.45, 7) is 0. The average Bonchev–Trinajstić information content (AvgIpc) is 2.46. The van der Waals surface area contributed by atoms with E-state index in [9.17, 15) is 4.21 Å². The second-order valence-electron chi connectivity index (χ2n) is 4.90. The normalized spacial score (nSPS) is 13.4. The maximum atomic E-state index is 11.1. The molecular formula is C17H11O2S. The molecule has 0 aliphatic rings. The Labute approximate surface area is 118 Å². The zero-order valence-corrected chi connectivity index (χ0v) is 11.4. The predicted octanol–water partition coefficient (Wildman–Crippen LogP) is 4.32. The van der Waals surface area contributed by atoms with E-state index in [4.69, 9.17) is 4.55 Å². The highest BCUT2D eigenvalue weighted by Crippen LogP contribution is 2.36. The first-order chi connectivity index (χ1) is 9.74. The predicted molar refractivity (Wildman–Crippen MR) is 84.3 cm³/mol. The molecular weight excluding hydrogens is 268 g/mol. The van der Waals surface area contributed by atoms with E-state index in [1.54, 1.807) is 0 Å². The van der Waals surface area contributed by atoms with Crippen molar-refractivity contribution in [2.75, 3.05) is 0 Å². The van der Waals surface area contributed by atoms with Crippen LogP contribution in [0.1, 0.15) is 5.56 Å². The minimum atomic E-state index is -1.94. The summed E-state index contributed by atoms with van der Waals surface area (Å²) in [4.78, 5) is 0. The number of rotatable bonds is 2. The highest BCUT2D eigenvalue weighted by atomic mass is 32.2. The van der Waals surface area contributed by atoms with Crippen LogP contribution in [0.5, 0.6) is 0 Å². The molecule has 0 aliphatic carbocycles. The van der Waals surface area contributed by atoms with E-state index in [0.717, 1.165) is 16.3 Å². The summed E-state index contributed by atoms with van der Waals surface area (Å²) in [6.07, 6.45) is 0. The van der Waals surface area contributed by atoms with Crippen molar-refractivity contribution in [1.82, 2.24) is 0 Å². The molecule has 3 heteroatoms. The van der Waals surface area contributed by atoms with E-state index in [1.165, 1.54) is 27.3 Å². The lowest BCUT2D eigenvalue weighted by atomic mass is 9.92. The molecule has 4 aromatic rings. The highest BCUT2D eigenvalue weighted by molar-refractivity contribution is 7.81. The highest BCUT2D eigenvalue weighted by Gasteiger charge is 2.11. The van der Waals surface area contributed by atoms with E-state index >= 15 is 0 Å². The summed E-state index contributed by atoms with van der Waals surface area (Å²) < 4.78 is 20.2. The second-order valence-corrected chi connectivity index (χ2v) is 5.69. The standard InChI is InChI=1S/C17H11O2S/c18-20(19)10-14-7-6-13-5-4-11-2-1-3-12-8-9-15(14)17(13)16(11)12/h1-10H,(H,18,19). The van der Waals surface area contributed by atoms with E-state index in [0.29, 0.717) is 0 Å². The molecule has 0 heterocycles. The van der Waals surface area contributed by atoms with Crippen LogP contribution < -0.4 is 0 Å². The van der Waals surface area contributed by atoms with Crippen LogP contribution in [0.2, 0.25) is 0 Å². The molecule has 0 spiro atoms. The Kier molecular flexibility index (Phi) is 2.52. The number of hydrogen-bond donors (Lipinski definition) is 1. The van der Waals surface area contributed by atoms with Gasteiger partial charge in [-0.15, -0.1) is 0 Å². The topological polar surface area (TPSA) is 37.3 Å². The van der Waals surface area contributed by atoms with Crippen LogP contribution in [0.15, 0.2) is 54.6 Å². The van der Waals surface area contributed by atoms with Gasteiger partial charge in [-0.25, -0.2) is 4.21 Å². The molecule has 1 atom stereocenters. The van der Waals surface area contributed by atoms with Gasteiger partial charge >= 0.3 is 0 Å². The SMILES string of the molecule is O=S(O)[CH]c1ccc2ccc3cccc4ccc1c2c34. The molecule has 97 valence electrons. The van der Waals surface area contributed by atoms with Crippen LogP contribution in [0.3, 0.4) is 0 Å². The van der Waals surface area contributed by atoms with Gasteiger partial charge in [0, 0.05) is 0 Å². The summed E-state index contributed by atoms with van der Waals surface area (Å²) in [5, 5.41) is 6.96. The van der Waals surface area contributed by atoms with Crippen molar-refractivity contribution in [1.29, 1.82) is 0 Å². The third-order valence-electron chi connectivity index (χ3n) is 3.79. The molecule has 0 aliphatic heterocycles. The van der Waals surface area contributed by atoms with Crippen LogP contribution >= 0.6 is 0 Å². The maximum Gasteiger partial charge on any atom is 0.162 e. The third kappa shape index (κ3) is 1.64. The molecule has 20 heavy (non-hydrogen) atoms. The smallest absolute Gasteiger partial charge is 0.162 e. The Hall–Kier alpha value is -1.97. The van der Waals surface area contributed by atoms with Gasteiger partial charge < -0.3 is 4.55 Å². The Balaban J connectivity index is 2.23. The second kappa shape index (κ2) is 4.27. The van der Waals surface area contributed by atoms with Crippen molar-refractivity contribution < 1.29 is 8.76 Å². The molecule has 0 saturated heterocycles. The lowest BCUT2D eigenvalue weighted by Gasteiger charge is -2.12. The summed E-state index contributed by atoms with van der Waals surface area (Å²) >= 11 is -1.94. The molecule has 1 radical (unpaired) electrons. The van der Waals surface area contributed by atoms with E-state index < -0.39 is 11.1 Å². The molecule has 4 rings (SSSR count). The Bertz CT molecular complexity index is 943. The molecule has 0 fully saturated rings. The first-order valence-electron chi connectivity index (χ1n) is 6.35. The molecule has 0 saturated carbocycles. The molecule has 0 bridgehead atoms. The molecule has 1 unspecified atom stereocenters. The van der Waals surface area contributed by atoms with Crippen molar-refractivity contribution >= 4 is 43.4 Å². The monoisotopic (exact) mass is 279 g/mol.